The van der Waals surface area contributed by atoms with E-state index in [4.69, 9.17) is 4.42 Å². The van der Waals surface area contributed by atoms with Crippen molar-refractivity contribution in [2.24, 2.45) is 0 Å². The minimum absolute atomic E-state index is 0.705. The smallest absolute Gasteiger partial charge is 0.193 e. The molecule has 0 spiro atoms. The molecule has 0 bridgehead atoms. The zero-order chi connectivity index (χ0) is 6.85. The Morgan fingerprint density at radius 1 is 1.44 bits per heavy atom. The molecule has 9 heavy (non-hydrogen) atoms. The molecule has 0 radical (unpaired) electrons. The van der Waals surface area contributed by atoms with Crippen LogP contribution in [0.4, 0.5) is 5.82 Å². The summed E-state index contributed by atoms with van der Waals surface area (Å²) in [5, 5.41) is 2.91. The van der Waals surface area contributed by atoms with Gasteiger partial charge in [-0.15, -0.1) is 0 Å². The van der Waals surface area contributed by atoms with Crippen LogP contribution in [-0.2, 0) is 0 Å². The fourth-order valence-electron chi connectivity index (χ4n) is 0.761. The maximum Gasteiger partial charge on any atom is 0.193 e. The molecule has 0 aromatic carbocycles. The molecule has 3 heteroatoms. The van der Waals surface area contributed by atoms with Crippen molar-refractivity contribution < 1.29 is 4.42 Å². The van der Waals surface area contributed by atoms with Crippen LogP contribution in [0.5, 0.6) is 0 Å². The minimum atomic E-state index is 0.705. The van der Waals surface area contributed by atoms with Crippen molar-refractivity contribution in [3.8, 4) is 0 Å². The Bertz CT molecular complexity index is 205. The first-order valence-electron chi connectivity index (χ1n) is 2.86. The molecule has 0 fully saturated rings. The second-order valence-corrected chi connectivity index (χ2v) is 1.89. The molecule has 1 aromatic rings. The van der Waals surface area contributed by atoms with Gasteiger partial charge in [-0.25, -0.2) is 0 Å². The lowest BCUT2D eigenvalue weighted by Gasteiger charge is -1.88. The molecule has 1 heterocycles. The van der Waals surface area contributed by atoms with Gasteiger partial charge in [0.1, 0.15) is 5.76 Å². The molecule has 0 amide bonds. The maximum absolute atomic E-state index is 5.13. The molecular weight excluding hydrogens is 116 g/mol. The molecule has 0 aliphatic rings. The van der Waals surface area contributed by atoms with Gasteiger partial charge in [-0.05, 0) is 6.92 Å². The van der Waals surface area contributed by atoms with E-state index in [-0.39, 0.29) is 0 Å². The Labute approximate surface area is 54.1 Å². The van der Waals surface area contributed by atoms with Crippen molar-refractivity contribution >= 4 is 5.82 Å². The lowest BCUT2D eigenvalue weighted by atomic mass is 10.5. The molecule has 0 saturated carbocycles. The zero-order valence-corrected chi connectivity index (χ0v) is 5.86. The molecule has 0 atom stereocenters. The Hall–Kier alpha value is -0.990. The summed E-state index contributed by atoms with van der Waals surface area (Å²) in [5.41, 5.74) is 0. The predicted molar refractivity (Wildman–Crippen MR) is 35.5 cm³/mol. The highest BCUT2D eigenvalue weighted by Gasteiger charge is 2.01. The number of aromatic nitrogens is 1. The summed E-state index contributed by atoms with van der Waals surface area (Å²) in [6, 6.07) is 0. The third-order valence-electron chi connectivity index (χ3n) is 1.14. The fraction of sp³-hybridized carbons (Fsp3) is 0.500. The topological polar surface area (TPSA) is 38.1 Å². The standard InChI is InChI=1S/C6H10N2O/c1-4-6(7-3)8-5(2)9-4/h7H,1-3H3. The van der Waals surface area contributed by atoms with Crippen LogP contribution in [0.25, 0.3) is 0 Å². The van der Waals surface area contributed by atoms with Gasteiger partial charge in [0.25, 0.3) is 0 Å². The van der Waals surface area contributed by atoms with Gasteiger partial charge < -0.3 is 9.73 Å². The summed E-state index contributed by atoms with van der Waals surface area (Å²) in [6.45, 7) is 3.71. The van der Waals surface area contributed by atoms with Gasteiger partial charge >= 0.3 is 0 Å². The van der Waals surface area contributed by atoms with Crippen LogP contribution in [0.3, 0.4) is 0 Å². The largest absolute Gasteiger partial charge is 0.444 e. The molecule has 50 valence electrons. The van der Waals surface area contributed by atoms with E-state index in [0.717, 1.165) is 11.6 Å². The predicted octanol–water partition coefficient (Wildman–Crippen LogP) is 1.33. The molecule has 0 unspecified atom stereocenters. The van der Waals surface area contributed by atoms with Gasteiger partial charge in [0.05, 0.1) is 0 Å². The molecule has 1 aromatic heterocycles. The second-order valence-electron chi connectivity index (χ2n) is 1.89. The number of hydrogen-bond donors (Lipinski definition) is 1. The van der Waals surface area contributed by atoms with Crippen LogP contribution >= 0.6 is 0 Å². The molecule has 3 nitrogen and oxygen atoms in total. The second kappa shape index (κ2) is 2.09. The van der Waals surface area contributed by atoms with E-state index in [1.54, 1.807) is 0 Å². The fourth-order valence-corrected chi connectivity index (χ4v) is 0.761. The van der Waals surface area contributed by atoms with Crippen molar-refractivity contribution in [3.63, 3.8) is 0 Å². The highest BCUT2D eigenvalue weighted by Crippen LogP contribution is 2.12. The van der Waals surface area contributed by atoms with Crippen molar-refractivity contribution in [3.05, 3.63) is 11.7 Å². The molecule has 1 rings (SSSR count). The van der Waals surface area contributed by atoms with Gasteiger partial charge in [-0.2, -0.15) is 4.98 Å². The van der Waals surface area contributed by atoms with Gasteiger partial charge in [0, 0.05) is 14.0 Å². The van der Waals surface area contributed by atoms with E-state index in [1.165, 1.54) is 0 Å². The normalized spacial score (nSPS) is 9.67. The van der Waals surface area contributed by atoms with Crippen LogP contribution in [0.1, 0.15) is 11.7 Å². The lowest BCUT2D eigenvalue weighted by Crippen LogP contribution is -1.88. The van der Waals surface area contributed by atoms with E-state index in [1.807, 2.05) is 20.9 Å². The monoisotopic (exact) mass is 126 g/mol. The number of anilines is 1. The van der Waals surface area contributed by atoms with Gasteiger partial charge in [-0.3, -0.25) is 0 Å². The zero-order valence-electron chi connectivity index (χ0n) is 5.86. The van der Waals surface area contributed by atoms with Crippen LogP contribution < -0.4 is 5.32 Å². The minimum Gasteiger partial charge on any atom is -0.444 e. The Kier molecular flexibility index (Phi) is 1.42. The number of nitrogens with zero attached hydrogens (tertiary/aromatic N) is 1. The third-order valence-corrected chi connectivity index (χ3v) is 1.14. The highest BCUT2D eigenvalue weighted by atomic mass is 16.4. The summed E-state index contributed by atoms with van der Waals surface area (Å²) in [4.78, 5) is 4.05. The Morgan fingerprint density at radius 3 is 2.33 bits per heavy atom. The SMILES string of the molecule is CNc1nc(C)oc1C. The van der Waals surface area contributed by atoms with Crippen LogP contribution in [0.15, 0.2) is 4.42 Å². The van der Waals surface area contributed by atoms with Gasteiger partial charge in [0.15, 0.2) is 11.7 Å². The average Bonchev–Trinajstić information content (AvgIpc) is 2.10. The first-order valence-corrected chi connectivity index (χ1v) is 2.86. The summed E-state index contributed by atoms with van der Waals surface area (Å²) < 4.78 is 5.13. The van der Waals surface area contributed by atoms with E-state index in [0.29, 0.717) is 5.89 Å². The quantitative estimate of drug-likeness (QED) is 0.617. The van der Waals surface area contributed by atoms with Crippen molar-refractivity contribution in [1.29, 1.82) is 0 Å². The molecule has 1 N–H and O–H groups in total. The molecule has 0 aliphatic carbocycles. The number of aryl methyl sites for hydroxylation is 2. The summed E-state index contributed by atoms with van der Waals surface area (Å²) in [6.07, 6.45) is 0. The van der Waals surface area contributed by atoms with Crippen molar-refractivity contribution in [1.82, 2.24) is 4.98 Å². The first kappa shape index (κ1) is 6.13. The first-order chi connectivity index (χ1) is 4.24. The lowest BCUT2D eigenvalue weighted by molar-refractivity contribution is 0.495. The summed E-state index contributed by atoms with van der Waals surface area (Å²) in [5.74, 6) is 2.37. The van der Waals surface area contributed by atoms with Gasteiger partial charge in [0.2, 0.25) is 0 Å². The van der Waals surface area contributed by atoms with E-state index < -0.39 is 0 Å². The van der Waals surface area contributed by atoms with Crippen LogP contribution in [-0.4, -0.2) is 12.0 Å². The average molecular weight is 126 g/mol. The molecule has 0 aliphatic heterocycles. The third kappa shape index (κ3) is 1.04. The molecular formula is C6H10N2O. The van der Waals surface area contributed by atoms with E-state index >= 15 is 0 Å². The van der Waals surface area contributed by atoms with E-state index in [9.17, 15) is 0 Å². The summed E-state index contributed by atoms with van der Waals surface area (Å²) in [7, 11) is 1.82. The summed E-state index contributed by atoms with van der Waals surface area (Å²) >= 11 is 0. The van der Waals surface area contributed by atoms with Crippen LogP contribution in [0.2, 0.25) is 0 Å². The van der Waals surface area contributed by atoms with E-state index in [2.05, 4.69) is 10.3 Å². The number of rotatable bonds is 1. The number of hydrogen-bond acceptors (Lipinski definition) is 3. The number of oxazole rings is 1. The van der Waals surface area contributed by atoms with Crippen molar-refractivity contribution in [2.75, 3.05) is 12.4 Å². The van der Waals surface area contributed by atoms with Gasteiger partial charge in [-0.1, -0.05) is 0 Å². The Balaban J connectivity index is 3.01. The van der Waals surface area contributed by atoms with Crippen LogP contribution in [0, 0.1) is 13.8 Å². The molecule has 0 saturated heterocycles. The Morgan fingerprint density at radius 2 is 2.11 bits per heavy atom. The highest BCUT2D eigenvalue weighted by molar-refractivity contribution is 5.36. The maximum atomic E-state index is 5.13. The number of nitrogens with one attached hydrogen (secondary N) is 1. The van der Waals surface area contributed by atoms with Crippen molar-refractivity contribution in [2.45, 2.75) is 13.8 Å².